The summed E-state index contributed by atoms with van der Waals surface area (Å²) >= 11 is 5.85. The molecule has 136 valence electrons. The average Bonchev–Trinajstić information content (AvgIpc) is 2.69. The van der Waals surface area contributed by atoms with Gasteiger partial charge in [-0.3, -0.25) is 9.59 Å². The van der Waals surface area contributed by atoms with Gasteiger partial charge < -0.3 is 10.1 Å². The number of halogens is 1. The van der Waals surface area contributed by atoms with E-state index in [1.807, 2.05) is 6.07 Å². The number of carbonyl (C=O) groups excluding carboxylic acids is 2. The Morgan fingerprint density at radius 2 is 1.59 bits per heavy atom. The zero-order valence-electron chi connectivity index (χ0n) is 14.7. The predicted octanol–water partition coefficient (Wildman–Crippen LogP) is 5.24. The molecule has 3 aromatic carbocycles. The average molecular weight is 380 g/mol. The zero-order valence-corrected chi connectivity index (χ0v) is 15.4. The topological polar surface area (TPSA) is 55.4 Å². The fourth-order valence-corrected chi connectivity index (χ4v) is 2.67. The first kappa shape index (κ1) is 18.7. The number of rotatable bonds is 6. The van der Waals surface area contributed by atoms with Crippen molar-refractivity contribution in [2.45, 2.75) is 13.0 Å². The second-order valence-electron chi connectivity index (χ2n) is 5.98. The smallest absolute Gasteiger partial charge is 0.255 e. The van der Waals surface area contributed by atoms with Crippen LogP contribution in [0.25, 0.3) is 0 Å². The summed E-state index contributed by atoms with van der Waals surface area (Å²) in [5, 5.41) is 3.39. The largest absolute Gasteiger partial charge is 0.482 e. The molecule has 0 bridgehead atoms. The van der Waals surface area contributed by atoms with E-state index >= 15 is 0 Å². The molecule has 4 nitrogen and oxygen atoms in total. The molecule has 0 fully saturated rings. The van der Waals surface area contributed by atoms with Gasteiger partial charge in [0.25, 0.3) is 5.91 Å². The van der Waals surface area contributed by atoms with Gasteiger partial charge in [0.2, 0.25) is 5.78 Å². The van der Waals surface area contributed by atoms with Gasteiger partial charge >= 0.3 is 0 Å². The number of benzene rings is 3. The summed E-state index contributed by atoms with van der Waals surface area (Å²) in [5.74, 6) is 0.138. The van der Waals surface area contributed by atoms with Crippen LogP contribution in [-0.2, 0) is 0 Å². The van der Waals surface area contributed by atoms with Crippen LogP contribution < -0.4 is 10.1 Å². The molecule has 0 aliphatic rings. The number of amides is 1. The lowest BCUT2D eigenvalue weighted by Gasteiger charge is -2.15. The Labute approximate surface area is 162 Å². The minimum Gasteiger partial charge on any atom is -0.482 e. The van der Waals surface area contributed by atoms with Crippen LogP contribution in [0.1, 0.15) is 27.6 Å². The van der Waals surface area contributed by atoms with Gasteiger partial charge in [-0.2, -0.15) is 0 Å². The molecule has 3 rings (SSSR count). The molecule has 0 aliphatic carbocycles. The van der Waals surface area contributed by atoms with Crippen molar-refractivity contribution in [3.8, 4) is 5.75 Å². The molecule has 5 heteroatoms. The van der Waals surface area contributed by atoms with E-state index in [2.05, 4.69) is 5.32 Å². The van der Waals surface area contributed by atoms with Gasteiger partial charge in [0.15, 0.2) is 6.10 Å². The van der Waals surface area contributed by atoms with E-state index in [-0.39, 0.29) is 11.7 Å². The quantitative estimate of drug-likeness (QED) is 0.595. The molecule has 0 radical (unpaired) electrons. The first-order valence-electron chi connectivity index (χ1n) is 8.46. The molecule has 1 atom stereocenters. The predicted molar refractivity (Wildman–Crippen MR) is 107 cm³/mol. The molecule has 1 unspecified atom stereocenters. The Morgan fingerprint density at radius 3 is 2.30 bits per heavy atom. The molecule has 0 saturated carbocycles. The van der Waals surface area contributed by atoms with Gasteiger partial charge in [0.1, 0.15) is 5.75 Å². The molecule has 0 spiro atoms. The van der Waals surface area contributed by atoms with E-state index in [1.54, 1.807) is 79.7 Å². The van der Waals surface area contributed by atoms with Crippen LogP contribution in [0.2, 0.25) is 5.02 Å². The SMILES string of the molecule is CC(Oc1cccc(NC(=O)c2ccccc2)c1)C(=O)c1ccc(Cl)cc1. The first-order valence-corrected chi connectivity index (χ1v) is 8.83. The molecule has 0 aliphatic heterocycles. The van der Waals surface area contributed by atoms with Gasteiger partial charge in [0.05, 0.1) is 0 Å². The molecule has 1 amide bonds. The van der Waals surface area contributed by atoms with Crippen molar-refractivity contribution in [3.05, 3.63) is 95.0 Å². The molecule has 0 saturated heterocycles. The third-order valence-corrected chi connectivity index (χ3v) is 4.19. The highest BCUT2D eigenvalue weighted by Gasteiger charge is 2.17. The Morgan fingerprint density at radius 1 is 0.889 bits per heavy atom. The van der Waals surface area contributed by atoms with Crippen LogP contribution in [0.5, 0.6) is 5.75 Å². The summed E-state index contributed by atoms with van der Waals surface area (Å²) in [6.45, 7) is 1.69. The maximum atomic E-state index is 12.5. The van der Waals surface area contributed by atoms with Crippen LogP contribution in [0.3, 0.4) is 0 Å². The van der Waals surface area contributed by atoms with Crippen molar-refractivity contribution in [2.75, 3.05) is 5.32 Å². The fourth-order valence-electron chi connectivity index (χ4n) is 2.55. The molecule has 0 aromatic heterocycles. The van der Waals surface area contributed by atoms with Crippen LogP contribution in [0, 0.1) is 0 Å². The summed E-state index contributed by atoms with van der Waals surface area (Å²) in [7, 11) is 0. The second-order valence-corrected chi connectivity index (χ2v) is 6.42. The van der Waals surface area contributed by atoms with Crippen molar-refractivity contribution < 1.29 is 14.3 Å². The maximum Gasteiger partial charge on any atom is 0.255 e. The van der Waals surface area contributed by atoms with E-state index in [0.29, 0.717) is 27.6 Å². The zero-order chi connectivity index (χ0) is 19.2. The molecule has 27 heavy (non-hydrogen) atoms. The van der Waals surface area contributed by atoms with Gasteiger partial charge in [-0.05, 0) is 55.5 Å². The van der Waals surface area contributed by atoms with E-state index in [0.717, 1.165) is 0 Å². The number of ether oxygens (including phenoxy) is 1. The number of hydrogen-bond donors (Lipinski definition) is 1. The van der Waals surface area contributed by atoms with Crippen LogP contribution in [-0.4, -0.2) is 17.8 Å². The van der Waals surface area contributed by atoms with Crippen molar-refractivity contribution in [1.82, 2.24) is 0 Å². The minimum absolute atomic E-state index is 0.148. The number of anilines is 1. The molecular weight excluding hydrogens is 362 g/mol. The second kappa shape index (κ2) is 8.52. The summed E-state index contributed by atoms with van der Waals surface area (Å²) in [4.78, 5) is 24.7. The van der Waals surface area contributed by atoms with Crippen LogP contribution in [0.15, 0.2) is 78.9 Å². The third kappa shape index (κ3) is 4.96. The van der Waals surface area contributed by atoms with Crippen LogP contribution in [0.4, 0.5) is 5.69 Å². The van der Waals surface area contributed by atoms with Crippen molar-refractivity contribution in [1.29, 1.82) is 0 Å². The number of carbonyl (C=O) groups is 2. The first-order chi connectivity index (χ1) is 13.0. The van der Waals surface area contributed by atoms with E-state index in [1.165, 1.54) is 0 Å². The summed E-state index contributed by atoms with van der Waals surface area (Å²) in [6, 6.07) is 22.6. The summed E-state index contributed by atoms with van der Waals surface area (Å²) in [6.07, 6.45) is -0.675. The van der Waals surface area contributed by atoms with Gasteiger partial charge in [-0.25, -0.2) is 0 Å². The molecule has 1 N–H and O–H groups in total. The lowest BCUT2D eigenvalue weighted by Crippen LogP contribution is -2.24. The highest BCUT2D eigenvalue weighted by atomic mass is 35.5. The van der Waals surface area contributed by atoms with Crippen molar-refractivity contribution in [2.24, 2.45) is 0 Å². The monoisotopic (exact) mass is 379 g/mol. The fraction of sp³-hybridized carbons (Fsp3) is 0.0909. The molecule has 0 heterocycles. The Bertz CT molecular complexity index is 939. The highest BCUT2D eigenvalue weighted by molar-refractivity contribution is 6.30. The van der Waals surface area contributed by atoms with Crippen LogP contribution >= 0.6 is 11.6 Å². The van der Waals surface area contributed by atoms with Crippen molar-refractivity contribution in [3.63, 3.8) is 0 Å². The molecule has 3 aromatic rings. The van der Waals surface area contributed by atoms with E-state index in [9.17, 15) is 9.59 Å². The third-order valence-electron chi connectivity index (χ3n) is 3.94. The van der Waals surface area contributed by atoms with Gasteiger partial charge in [-0.15, -0.1) is 0 Å². The molecular formula is C22H18ClNO3. The number of Topliss-reactive ketones (excluding diaryl/α,β-unsaturated/α-hetero) is 1. The lowest BCUT2D eigenvalue weighted by atomic mass is 10.1. The number of hydrogen-bond acceptors (Lipinski definition) is 3. The Balaban J connectivity index is 1.67. The maximum absolute atomic E-state index is 12.5. The van der Waals surface area contributed by atoms with Gasteiger partial charge in [0, 0.05) is 27.9 Å². The normalized spacial score (nSPS) is 11.5. The van der Waals surface area contributed by atoms with E-state index in [4.69, 9.17) is 16.3 Å². The summed E-state index contributed by atoms with van der Waals surface area (Å²) in [5.41, 5.74) is 1.68. The Hall–Kier alpha value is -3.11. The number of nitrogens with one attached hydrogen (secondary N) is 1. The minimum atomic E-state index is -0.675. The Kier molecular flexibility index (Phi) is 5.89. The van der Waals surface area contributed by atoms with E-state index < -0.39 is 6.10 Å². The summed E-state index contributed by atoms with van der Waals surface area (Å²) < 4.78 is 5.75. The number of ketones is 1. The highest BCUT2D eigenvalue weighted by Crippen LogP contribution is 2.21. The standard InChI is InChI=1S/C22H18ClNO3/c1-15(21(25)16-10-12-18(23)13-11-16)27-20-9-5-8-19(14-20)24-22(26)17-6-3-2-4-7-17/h2-15H,1H3,(H,24,26). The van der Waals surface area contributed by atoms with Gasteiger partial charge in [-0.1, -0.05) is 35.9 Å². The lowest BCUT2D eigenvalue weighted by molar-refractivity contribution is 0.0818. The van der Waals surface area contributed by atoms with Crippen molar-refractivity contribution >= 4 is 29.0 Å².